The Bertz CT molecular complexity index is 638. The molecule has 0 spiro atoms. The number of nitrogens with one attached hydrogen (secondary N) is 2. The van der Waals surface area contributed by atoms with E-state index in [1.165, 1.54) is 6.26 Å². The molecule has 1 aliphatic rings. The van der Waals surface area contributed by atoms with E-state index in [0.29, 0.717) is 12.1 Å². The number of hydrogen-bond acceptors (Lipinski definition) is 5. The second-order valence-electron chi connectivity index (χ2n) is 5.64. The molecule has 1 unspecified atom stereocenters. The Morgan fingerprint density at radius 2 is 2.23 bits per heavy atom. The second kappa shape index (κ2) is 7.48. The molecule has 1 aliphatic heterocycles. The summed E-state index contributed by atoms with van der Waals surface area (Å²) in [6.45, 7) is 2.77. The third kappa shape index (κ3) is 5.30. The Hall–Kier alpha value is -1.05. The van der Waals surface area contributed by atoms with Crippen LogP contribution in [0.5, 0.6) is 0 Å². The van der Waals surface area contributed by atoms with E-state index < -0.39 is 9.84 Å². The van der Waals surface area contributed by atoms with E-state index in [4.69, 9.17) is 0 Å². The van der Waals surface area contributed by atoms with Gasteiger partial charge in [0.1, 0.15) is 0 Å². The quantitative estimate of drug-likeness (QED) is 0.850. The lowest BCUT2D eigenvalue weighted by Crippen LogP contribution is -2.39. The number of benzene rings is 1. The summed E-state index contributed by atoms with van der Waals surface area (Å²) < 4.78 is 22.9. The molecule has 7 heteroatoms. The van der Waals surface area contributed by atoms with Crippen molar-refractivity contribution >= 4 is 33.2 Å². The maximum absolute atomic E-state index is 12.2. The molecule has 122 valence electrons. The summed E-state index contributed by atoms with van der Waals surface area (Å²) >= 11 is 1.85. The fourth-order valence-corrected chi connectivity index (χ4v) is 4.26. The summed E-state index contributed by atoms with van der Waals surface area (Å²) in [7, 11) is -3.09. The van der Waals surface area contributed by atoms with Crippen LogP contribution in [0.4, 0.5) is 5.69 Å². The van der Waals surface area contributed by atoms with E-state index in [1.54, 1.807) is 12.1 Å². The van der Waals surface area contributed by atoms with Gasteiger partial charge in [0.2, 0.25) is 5.91 Å². The summed E-state index contributed by atoms with van der Waals surface area (Å²) in [6.07, 6.45) is 1.65. The van der Waals surface area contributed by atoms with Crippen molar-refractivity contribution in [1.82, 2.24) is 5.32 Å². The molecule has 1 aromatic rings. The van der Waals surface area contributed by atoms with Crippen LogP contribution in [0.2, 0.25) is 0 Å². The van der Waals surface area contributed by atoms with Crippen molar-refractivity contribution in [2.75, 3.05) is 29.6 Å². The summed E-state index contributed by atoms with van der Waals surface area (Å²) in [5.74, 6) is 1.98. The molecule has 22 heavy (non-hydrogen) atoms. The Kier molecular flexibility index (Phi) is 5.88. The smallest absolute Gasteiger partial charge is 0.225 e. The van der Waals surface area contributed by atoms with Gasteiger partial charge in [0.25, 0.3) is 0 Å². The van der Waals surface area contributed by atoms with Crippen molar-refractivity contribution in [1.29, 1.82) is 0 Å². The van der Waals surface area contributed by atoms with Crippen LogP contribution in [-0.2, 0) is 20.4 Å². The Balaban J connectivity index is 2.02. The number of carbonyl (C=O) groups excluding carboxylic acids is 1. The van der Waals surface area contributed by atoms with Gasteiger partial charge in [-0.05, 0) is 24.1 Å². The van der Waals surface area contributed by atoms with E-state index in [9.17, 15) is 13.2 Å². The number of rotatable bonds is 5. The average Bonchev–Trinajstić information content (AvgIpc) is 2.43. The van der Waals surface area contributed by atoms with E-state index in [1.807, 2.05) is 24.8 Å². The number of anilines is 1. The summed E-state index contributed by atoms with van der Waals surface area (Å²) in [5, 5.41) is 6.23. The topological polar surface area (TPSA) is 75.3 Å². The van der Waals surface area contributed by atoms with E-state index in [0.717, 1.165) is 29.2 Å². The Labute approximate surface area is 136 Å². The number of thioether (sulfide) groups is 1. The van der Waals surface area contributed by atoms with Crippen LogP contribution in [0, 0.1) is 6.92 Å². The molecule has 1 aromatic carbocycles. The predicted molar refractivity (Wildman–Crippen MR) is 92.1 cm³/mol. The van der Waals surface area contributed by atoms with E-state index >= 15 is 0 Å². The van der Waals surface area contributed by atoms with Gasteiger partial charge < -0.3 is 10.6 Å². The van der Waals surface area contributed by atoms with E-state index in [2.05, 4.69) is 10.6 Å². The third-order valence-corrected chi connectivity index (χ3v) is 5.53. The number of amides is 1. The molecule has 0 aromatic heterocycles. The molecule has 1 fully saturated rings. The summed E-state index contributed by atoms with van der Waals surface area (Å²) in [4.78, 5) is 12.2. The fourth-order valence-electron chi connectivity index (χ4n) is 2.43. The Morgan fingerprint density at radius 1 is 1.45 bits per heavy atom. The molecule has 1 saturated heterocycles. The van der Waals surface area contributed by atoms with Gasteiger partial charge in [0, 0.05) is 42.5 Å². The minimum absolute atomic E-state index is 0.0106. The van der Waals surface area contributed by atoms with Gasteiger partial charge in [-0.1, -0.05) is 12.1 Å². The highest BCUT2D eigenvalue weighted by molar-refractivity contribution is 7.99. The zero-order chi connectivity index (χ0) is 16.2. The predicted octanol–water partition coefficient (Wildman–Crippen LogP) is 1.57. The minimum atomic E-state index is -3.09. The SMILES string of the molecule is Cc1c(CS(C)(=O)=O)cccc1NC(=O)CC1CSCCN1. The first-order valence-electron chi connectivity index (χ1n) is 7.22. The third-order valence-electron chi connectivity index (χ3n) is 3.57. The molecular weight excluding hydrogens is 320 g/mol. The van der Waals surface area contributed by atoms with Gasteiger partial charge in [-0.25, -0.2) is 8.42 Å². The molecular formula is C15H22N2O3S2. The van der Waals surface area contributed by atoms with Crippen molar-refractivity contribution in [2.45, 2.75) is 25.1 Å². The second-order valence-corrected chi connectivity index (χ2v) is 8.93. The number of hydrogen-bond donors (Lipinski definition) is 2. The molecule has 0 aliphatic carbocycles. The van der Waals surface area contributed by atoms with E-state index in [-0.39, 0.29) is 17.7 Å². The molecule has 1 atom stereocenters. The van der Waals surface area contributed by atoms with Gasteiger partial charge in [-0.2, -0.15) is 11.8 Å². The van der Waals surface area contributed by atoms with Crippen molar-refractivity contribution in [3.05, 3.63) is 29.3 Å². The average molecular weight is 342 g/mol. The van der Waals surface area contributed by atoms with Crippen molar-refractivity contribution in [3.8, 4) is 0 Å². The number of sulfone groups is 1. The van der Waals surface area contributed by atoms with Crippen molar-refractivity contribution < 1.29 is 13.2 Å². The largest absolute Gasteiger partial charge is 0.326 e. The normalized spacial score (nSPS) is 18.9. The van der Waals surface area contributed by atoms with Gasteiger partial charge in [0.05, 0.1) is 5.75 Å². The van der Waals surface area contributed by atoms with Crippen LogP contribution in [0.15, 0.2) is 18.2 Å². The maximum atomic E-state index is 12.2. The highest BCUT2D eigenvalue weighted by atomic mass is 32.2. The monoisotopic (exact) mass is 342 g/mol. The van der Waals surface area contributed by atoms with Gasteiger partial charge in [-0.15, -0.1) is 0 Å². The molecule has 0 bridgehead atoms. The zero-order valence-electron chi connectivity index (χ0n) is 12.9. The van der Waals surface area contributed by atoms with Crippen molar-refractivity contribution in [3.63, 3.8) is 0 Å². The standard InChI is InChI=1S/C15H22N2O3S2/c1-11-12(10-22(2,19)20)4-3-5-14(11)17-15(18)8-13-9-21-7-6-16-13/h3-5,13,16H,6-10H2,1-2H3,(H,17,18). The molecule has 2 N–H and O–H groups in total. The summed E-state index contributed by atoms with van der Waals surface area (Å²) in [5.41, 5.74) is 2.23. The van der Waals surface area contributed by atoms with Crippen LogP contribution in [-0.4, -0.2) is 44.7 Å². The van der Waals surface area contributed by atoms with Crippen LogP contribution in [0.25, 0.3) is 0 Å². The lowest BCUT2D eigenvalue weighted by Gasteiger charge is -2.22. The molecule has 1 heterocycles. The molecule has 1 amide bonds. The van der Waals surface area contributed by atoms with Gasteiger partial charge in [0.15, 0.2) is 9.84 Å². The van der Waals surface area contributed by atoms with Crippen LogP contribution >= 0.6 is 11.8 Å². The number of carbonyl (C=O) groups is 1. The first-order chi connectivity index (χ1) is 10.3. The summed E-state index contributed by atoms with van der Waals surface area (Å²) in [6, 6.07) is 5.57. The molecule has 2 rings (SSSR count). The highest BCUT2D eigenvalue weighted by Crippen LogP contribution is 2.21. The highest BCUT2D eigenvalue weighted by Gasteiger charge is 2.17. The van der Waals surface area contributed by atoms with Crippen LogP contribution in [0.1, 0.15) is 17.5 Å². The van der Waals surface area contributed by atoms with Gasteiger partial charge >= 0.3 is 0 Å². The van der Waals surface area contributed by atoms with Crippen LogP contribution in [0.3, 0.4) is 0 Å². The first kappa shape index (κ1) is 17.3. The lowest BCUT2D eigenvalue weighted by atomic mass is 10.1. The zero-order valence-corrected chi connectivity index (χ0v) is 14.5. The van der Waals surface area contributed by atoms with Gasteiger partial charge in [-0.3, -0.25) is 4.79 Å². The maximum Gasteiger partial charge on any atom is 0.225 e. The van der Waals surface area contributed by atoms with Crippen molar-refractivity contribution in [2.24, 2.45) is 0 Å². The molecule has 5 nitrogen and oxygen atoms in total. The van der Waals surface area contributed by atoms with Crippen LogP contribution < -0.4 is 10.6 Å². The lowest BCUT2D eigenvalue weighted by molar-refractivity contribution is -0.116. The molecule has 0 saturated carbocycles. The minimum Gasteiger partial charge on any atom is -0.326 e. The fraction of sp³-hybridized carbons (Fsp3) is 0.533. The Morgan fingerprint density at radius 3 is 2.86 bits per heavy atom. The molecule has 0 radical (unpaired) electrons. The first-order valence-corrected chi connectivity index (χ1v) is 10.4.